The van der Waals surface area contributed by atoms with Gasteiger partial charge in [-0.3, -0.25) is 0 Å². The molecule has 6 aromatic carbocycles. The number of aliphatic hydroxyl groups excluding tert-OH is 1. The van der Waals surface area contributed by atoms with E-state index < -0.39 is 0 Å². The Kier molecular flexibility index (Phi) is 11.7. The number of hydrogen-bond donors (Lipinski definition) is 1. The predicted octanol–water partition coefficient (Wildman–Crippen LogP) is 1.58. The van der Waals surface area contributed by atoms with Gasteiger partial charge in [0.05, 0.1) is 0 Å². The topological polar surface area (TPSA) is 20.2 Å². The Balaban J connectivity index is 0.000000187. The summed E-state index contributed by atoms with van der Waals surface area (Å²) >= 11 is 1.63. The zero-order valence-electron chi connectivity index (χ0n) is 19.0. The van der Waals surface area contributed by atoms with Crippen molar-refractivity contribution in [1.82, 2.24) is 0 Å². The summed E-state index contributed by atoms with van der Waals surface area (Å²) in [6.07, 6.45) is 0. The maximum atomic E-state index is 8.28. The quantitative estimate of drug-likeness (QED) is 0.244. The van der Waals surface area contributed by atoms with E-state index in [0.29, 0.717) is 6.61 Å². The molecule has 6 aromatic rings. The first kappa shape index (κ1) is 28.5. The third kappa shape index (κ3) is 6.90. The van der Waals surface area contributed by atoms with Gasteiger partial charge in [-0.15, -0.1) is 79.5 Å². The molecular weight excluding hydrogens is 555 g/mol. The van der Waals surface area contributed by atoms with Gasteiger partial charge < -0.3 is 24.8 Å². The largest absolute Gasteiger partial charge is 1.00 e. The SMILES string of the molecule is C[Si](=[Zr+2])CCO.[Cl-].[Cl-].c1ccc2c(c1)[cH-]c1ccccc12.c1ccc2c(c1)[cH-]c1ccccc12. The number of halogens is 2. The predicted molar refractivity (Wildman–Crippen MR) is 138 cm³/mol. The van der Waals surface area contributed by atoms with E-state index in [0.717, 1.165) is 6.04 Å². The van der Waals surface area contributed by atoms with Crippen molar-refractivity contribution in [2.45, 2.75) is 12.6 Å². The number of fused-ring (bicyclic) bond motifs is 6. The number of benzene rings is 4. The fourth-order valence-electron chi connectivity index (χ4n) is 3.98. The minimum Gasteiger partial charge on any atom is -1.00 e. The first-order valence-corrected chi connectivity index (χ1v) is 16.8. The molecule has 0 amide bonds. The third-order valence-corrected chi connectivity index (χ3v) is 8.35. The summed E-state index contributed by atoms with van der Waals surface area (Å²) in [5, 5.41) is 19.1. The van der Waals surface area contributed by atoms with Crippen molar-refractivity contribution in [3.8, 4) is 0 Å². The van der Waals surface area contributed by atoms with E-state index in [2.05, 4.69) is 116 Å². The second-order valence-electron chi connectivity index (χ2n) is 7.89. The Morgan fingerprint density at radius 2 is 0.853 bits per heavy atom. The number of aliphatic hydroxyl groups is 1. The zero-order valence-corrected chi connectivity index (χ0v) is 24.0. The number of hydrogen-bond acceptors (Lipinski definition) is 1. The van der Waals surface area contributed by atoms with Crippen LogP contribution in [-0.2, 0) is 23.3 Å². The van der Waals surface area contributed by atoms with Crippen molar-refractivity contribution in [3.05, 3.63) is 109 Å². The molecule has 0 unspecified atom stereocenters. The van der Waals surface area contributed by atoms with Crippen molar-refractivity contribution in [1.29, 1.82) is 0 Å². The van der Waals surface area contributed by atoms with Crippen LogP contribution in [0.15, 0.2) is 109 Å². The molecule has 0 spiro atoms. The summed E-state index contributed by atoms with van der Waals surface area (Å²) in [4.78, 5) is 0. The number of rotatable bonds is 2. The van der Waals surface area contributed by atoms with Gasteiger partial charge in [-0.05, 0) is 0 Å². The molecule has 1 nitrogen and oxygen atoms in total. The monoisotopic (exact) mass is 578 g/mol. The molecule has 0 atom stereocenters. The second-order valence-corrected chi connectivity index (χ2v) is 16.2. The van der Waals surface area contributed by atoms with E-state index in [1.807, 2.05) is 0 Å². The molecule has 0 saturated carbocycles. The van der Waals surface area contributed by atoms with Crippen molar-refractivity contribution in [2.24, 2.45) is 0 Å². The Hall–Kier alpha value is -1.74. The van der Waals surface area contributed by atoms with E-state index in [1.54, 1.807) is 23.3 Å². The minimum atomic E-state index is -0.0455. The molecule has 0 aromatic heterocycles. The van der Waals surface area contributed by atoms with Crippen LogP contribution in [0.4, 0.5) is 0 Å². The van der Waals surface area contributed by atoms with Crippen LogP contribution in [0, 0.1) is 0 Å². The molecule has 172 valence electrons. The van der Waals surface area contributed by atoms with Gasteiger partial charge in [0.15, 0.2) is 0 Å². The van der Waals surface area contributed by atoms with E-state index in [1.165, 1.54) is 43.1 Å². The van der Waals surface area contributed by atoms with E-state index in [9.17, 15) is 0 Å². The van der Waals surface area contributed by atoms with Crippen molar-refractivity contribution in [3.63, 3.8) is 0 Å². The first-order chi connectivity index (χ1) is 15.7. The van der Waals surface area contributed by atoms with Gasteiger partial charge in [0.25, 0.3) is 0 Å². The molecule has 34 heavy (non-hydrogen) atoms. The standard InChI is InChI=1S/2C13H9.C3H8OSi.2ClH.Zr/c2*1-3-7-12-10(5-1)9-11-6-2-4-8-13(11)12;1-5-3-2-4;;;/h2*1-9H;4H,2-3H2,1H3;2*1H;/q2*-1;;;;+2/p-2. The van der Waals surface area contributed by atoms with E-state index >= 15 is 0 Å². The first-order valence-electron chi connectivity index (χ1n) is 10.9. The van der Waals surface area contributed by atoms with Gasteiger partial charge in [0.2, 0.25) is 0 Å². The zero-order chi connectivity index (χ0) is 22.3. The van der Waals surface area contributed by atoms with Crippen LogP contribution in [0.25, 0.3) is 43.1 Å². The molecule has 1 N–H and O–H groups in total. The average Bonchev–Trinajstić information content (AvgIpc) is 3.38. The second kappa shape index (κ2) is 14.0. The molecule has 0 fully saturated rings. The van der Waals surface area contributed by atoms with Crippen LogP contribution in [0.1, 0.15) is 0 Å². The molecule has 6 rings (SSSR count). The third-order valence-electron chi connectivity index (χ3n) is 5.53. The van der Waals surface area contributed by atoms with Crippen LogP contribution >= 0.6 is 0 Å². The Bertz CT molecular complexity index is 1280. The van der Waals surface area contributed by atoms with Gasteiger partial charge in [0, 0.05) is 0 Å². The van der Waals surface area contributed by atoms with Crippen LogP contribution in [0.2, 0.25) is 12.6 Å². The Morgan fingerprint density at radius 1 is 0.588 bits per heavy atom. The van der Waals surface area contributed by atoms with Gasteiger partial charge in [-0.25, -0.2) is 0 Å². The van der Waals surface area contributed by atoms with Gasteiger partial charge in [-0.2, -0.15) is 0 Å². The molecule has 0 aliphatic carbocycles. The molecule has 0 radical (unpaired) electrons. The summed E-state index contributed by atoms with van der Waals surface area (Å²) in [5.74, 6) is 0. The smallest absolute Gasteiger partial charge is 0.0771 e. The van der Waals surface area contributed by atoms with Crippen LogP contribution in [0.5, 0.6) is 0 Å². The Morgan fingerprint density at radius 3 is 1.06 bits per heavy atom. The van der Waals surface area contributed by atoms with Crippen LogP contribution < -0.4 is 24.8 Å². The molecule has 5 heteroatoms. The molecule has 0 aliphatic heterocycles. The molecular formula is C29H26Cl2OSiZr-2. The molecule has 0 heterocycles. The minimum absolute atomic E-state index is 0. The van der Waals surface area contributed by atoms with Crippen molar-refractivity contribution in [2.75, 3.05) is 6.61 Å². The fourth-order valence-corrected chi connectivity index (χ4v) is 5.14. The Labute approximate surface area is 228 Å². The van der Waals surface area contributed by atoms with Gasteiger partial charge in [0.1, 0.15) is 0 Å². The normalized spacial score (nSPS) is 10.0. The molecule has 0 bridgehead atoms. The van der Waals surface area contributed by atoms with Crippen molar-refractivity contribution < 1.29 is 53.3 Å². The summed E-state index contributed by atoms with van der Waals surface area (Å²) < 4.78 is 0. The average molecular weight is 581 g/mol. The summed E-state index contributed by atoms with van der Waals surface area (Å²) in [6.45, 7) is 2.63. The van der Waals surface area contributed by atoms with Gasteiger partial charge >= 0.3 is 53.1 Å². The molecule has 0 aliphatic rings. The van der Waals surface area contributed by atoms with E-state index in [-0.39, 0.29) is 30.2 Å². The summed E-state index contributed by atoms with van der Waals surface area (Å²) in [7, 11) is 0. The van der Waals surface area contributed by atoms with Crippen LogP contribution in [0.3, 0.4) is 0 Å². The fraction of sp³-hybridized carbons (Fsp3) is 0.103. The maximum Gasteiger partial charge on any atom is -0.0771 e. The van der Waals surface area contributed by atoms with Gasteiger partial charge in [-0.1, -0.05) is 72.8 Å². The van der Waals surface area contributed by atoms with Crippen molar-refractivity contribution >= 4 is 48.5 Å². The summed E-state index contributed by atoms with van der Waals surface area (Å²) in [6, 6.07) is 39.6. The molecule has 0 saturated heterocycles. The maximum absolute atomic E-state index is 8.28. The van der Waals surface area contributed by atoms with E-state index in [4.69, 9.17) is 5.11 Å². The summed E-state index contributed by atoms with van der Waals surface area (Å²) in [5.41, 5.74) is -0.0455. The van der Waals surface area contributed by atoms with Crippen LogP contribution in [-0.4, -0.2) is 17.1 Å².